The number of halogens is 1. The van der Waals surface area contributed by atoms with Crippen molar-refractivity contribution in [1.29, 1.82) is 0 Å². The molecule has 12 heavy (non-hydrogen) atoms. The fourth-order valence-electron chi connectivity index (χ4n) is 0.765. The number of hydrogen-bond donors (Lipinski definition) is 0. The highest BCUT2D eigenvalue weighted by atomic mass is 19.1. The van der Waals surface area contributed by atoms with Gasteiger partial charge in [-0.1, -0.05) is 32.1 Å². The van der Waals surface area contributed by atoms with Crippen molar-refractivity contribution in [2.24, 2.45) is 5.92 Å². The maximum Gasteiger partial charge on any atom is 0.122 e. The van der Waals surface area contributed by atoms with Gasteiger partial charge in [-0.05, 0) is 31.4 Å². The second kappa shape index (κ2) is 5.76. The van der Waals surface area contributed by atoms with Crippen LogP contribution >= 0.6 is 0 Å². The summed E-state index contributed by atoms with van der Waals surface area (Å²) in [5, 5.41) is 0. The molecular weight excluding hydrogens is 151 g/mol. The van der Waals surface area contributed by atoms with E-state index < -0.39 is 0 Å². The molecule has 1 unspecified atom stereocenters. The Kier molecular flexibility index (Phi) is 5.35. The summed E-state index contributed by atoms with van der Waals surface area (Å²) in [6.07, 6.45) is 5.56. The first-order valence-corrected chi connectivity index (χ1v) is 4.28. The van der Waals surface area contributed by atoms with Gasteiger partial charge in [0.2, 0.25) is 0 Å². The second-order valence-corrected chi connectivity index (χ2v) is 2.98. The van der Waals surface area contributed by atoms with Gasteiger partial charge in [0, 0.05) is 0 Å². The van der Waals surface area contributed by atoms with Crippen molar-refractivity contribution >= 4 is 0 Å². The van der Waals surface area contributed by atoms with E-state index in [4.69, 9.17) is 0 Å². The van der Waals surface area contributed by atoms with Crippen LogP contribution in [-0.4, -0.2) is 0 Å². The first kappa shape index (κ1) is 11.2. The maximum atomic E-state index is 12.6. The molecule has 0 fully saturated rings. The minimum atomic E-state index is -0.280. The Balaban J connectivity index is 4.26. The fourth-order valence-corrected chi connectivity index (χ4v) is 0.765. The lowest BCUT2D eigenvalue weighted by molar-refractivity contribution is 0.651. The Morgan fingerprint density at radius 2 is 2.08 bits per heavy atom. The van der Waals surface area contributed by atoms with Crippen LogP contribution in [0.2, 0.25) is 0 Å². The third kappa shape index (κ3) is 4.12. The molecule has 0 nitrogen and oxygen atoms in total. The average Bonchev–Trinajstić information content (AvgIpc) is 2.11. The van der Waals surface area contributed by atoms with Crippen LogP contribution in [0.3, 0.4) is 0 Å². The highest BCUT2D eigenvalue weighted by Gasteiger charge is 1.98. The third-order valence-corrected chi connectivity index (χ3v) is 2.09. The van der Waals surface area contributed by atoms with E-state index in [1.54, 1.807) is 0 Å². The minimum absolute atomic E-state index is 0.280. The molecule has 0 aromatic rings. The Hall–Kier alpha value is -0.850. The van der Waals surface area contributed by atoms with Crippen LogP contribution in [0, 0.1) is 5.92 Å². The zero-order chi connectivity index (χ0) is 9.56. The fraction of sp³-hybridized carbons (Fsp3) is 0.455. The zero-order valence-electron chi connectivity index (χ0n) is 8.10. The lowest BCUT2D eigenvalue weighted by atomic mass is 10.00. The predicted octanol–water partition coefficient (Wildman–Crippen LogP) is 4.02. The molecule has 0 heterocycles. The van der Waals surface area contributed by atoms with Crippen molar-refractivity contribution in [1.82, 2.24) is 0 Å². The van der Waals surface area contributed by atoms with E-state index in [1.807, 2.05) is 13.0 Å². The Morgan fingerprint density at radius 3 is 2.50 bits per heavy atom. The molecule has 0 aromatic carbocycles. The molecule has 0 N–H and O–H groups in total. The number of hydrogen-bond acceptors (Lipinski definition) is 0. The molecule has 0 aliphatic carbocycles. The van der Waals surface area contributed by atoms with Crippen LogP contribution in [0.15, 0.2) is 36.2 Å². The van der Waals surface area contributed by atoms with Gasteiger partial charge >= 0.3 is 0 Å². The van der Waals surface area contributed by atoms with Crippen LogP contribution in [0.4, 0.5) is 4.39 Å². The molecule has 0 saturated carbocycles. The predicted molar refractivity (Wildman–Crippen MR) is 52.6 cm³/mol. The largest absolute Gasteiger partial charge is 0.207 e. The van der Waals surface area contributed by atoms with E-state index >= 15 is 0 Å². The van der Waals surface area contributed by atoms with Gasteiger partial charge in [-0.15, -0.1) is 0 Å². The lowest BCUT2D eigenvalue weighted by Gasteiger charge is -2.06. The highest BCUT2D eigenvalue weighted by molar-refractivity contribution is 5.19. The van der Waals surface area contributed by atoms with Crippen molar-refractivity contribution in [3.05, 3.63) is 36.2 Å². The molecule has 0 aliphatic heterocycles. The summed E-state index contributed by atoms with van der Waals surface area (Å²) in [7, 11) is 0. The summed E-state index contributed by atoms with van der Waals surface area (Å²) in [6.45, 7) is 9.60. The molecule has 1 heteroatoms. The van der Waals surface area contributed by atoms with Crippen LogP contribution < -0.4 is 0 Å². The maximum absolute atomic E-state index is 12.6. The van der Waals surface area contributed by atoms with Crippen molar-refractivity contribution in [2.45, 2.75) is 27.2 Å². The highest BCUT2D eigenvalue weighted by Crippen LogP contribution is 2.13. The summed E-state index contributed by atoms with van der Waals surface area (Å²) < 4.78 is 12.6. The quantitative estimate of drug-likeness (QED) is 0.556. The monoisotopic (exact) mass is 168 g/mol. The number of allylic oxidation sites excluding steroid dienone is 5. The SMILES string of the molecule is C=C/C(F)=C\C=C(\C)C(C)CC. The lowest BCUT2D eigenvalue weighted by Crippen LogP contribution is -1.92. The molecule has 68 valence electrons. The van der Waals surface area contributed by atoms with Crippen LogP contribution in [-0.2, 0) is 0 Å². The first-order chi connectivity index (χ1) is 5.61. The minimum Gasteiger partial charge on any atom is -0.207 e. The van der Waals surface area contributed by atoms with Crippen molar-refractivity contribution in [2.75, 3.05) is 0 Å². The van der Waals surface area contributed by atoms with Crippen LogP contribution in [0.1, 0.15) is 27.2 Å². The van der Waals surface area contributed by atoms with Gasteiger partial charge in [-0.3, -0.25) is 0 Å². The summed E-state index contributed by atoms with van der Waals surface area (Å²) in [4.78, 5) is 0. The van der Waals surface area contributed by atoms with E-state index in [-0.39, 0.29) is 5.83 Å². The molecule has 0 spiro atoms. The van der Waals surface area contributed by atoms with Crippen molar-refractivity contribution < 1.29 is 4.39 Å². The van der Waals surface area contributed by atoms with E-state index in [2.05, 4.69) is 20.4 Å². The summed E-state index contributed by atoms with van der Waals surface area (Å²) in [6, 6.07) is 0. The van der Waals surface area contributed by atoms with Gasteiger partial charge < -0.3 is 0 Å². The standard InChI is InChI=1S/C11H17F/c1-5-9(3)10(4)7-8-11(12)6-2/h6-9H,2,5H2,1,3-4H3/b10-7-,11-8+. The molecule has 0 saturated heterocycles. The van der Waals surface area contributed by atoms with Crippen LogP contribution in [0.25, 0.3) is 0 Å². The van der Waals surface area contributed by atoms with Gasteiger partial charge in [0.05, 0.1) is 0 Å². The Bertz CT molecular complexity index is 199. The summed E-state index contributed by atoms with van der Waals surface area (Å²) in [5.74, 6) is 0.247. The Morgan fingerprint density at radius 1 is 1.50 bits per heavy atom. The summed E-state index contributed by atoms with van der Waals surface area (Å²) in [5.41, 5.74) is 1.20. The molecule has 1 atom stereocenters. The third-order valence-electron chi connectivity index (χ3n) is 2.09. The van der Waals surface area contributed by atoms with Crippen LogP contribution in [0.5, 0.6) is 0 Å². The normalized spacial score (nSPS) is 16.0. The molecular formula is C11H17F. The molecule has 0 radical (unpaired) electrons. The van der Waals surface area contributed by atoms with Gasteiger partial charge in [0.1, 0.15) is 5.83 Å². The van der Waals surface area contributed by atoms with E-state index in [0.29, 0.717) is 5.92 Å². The zero-order valence-corrected chi connectivity index (χ0v) is 8.10. The molecule has 0 aromatic heterocycles. The van der Waals surface area contributed by atoms with E-state index in [9.17, 15) is 4.39 Å². The van der Waals surface area contributed by atoms with Crippen molar-refractivity contribution in [3.63, 3.8) is 0 Å². The van der Waals surface area contributed by atoms with E-state index in [1.165, 1.54) is 17.7 Å². The first-order valence-electron chi connectivity index (χ1n) is 4.28. The molecule has 0 rings (SSSR count). The summed E-state index contributed by atoms with van der Waals surface area (Å²) >= 11 is 0. The Labute approximate surface area is 74.5 Å². The average molecular weight is 168 g/mol. The second-order valence-electron chi connectivity index (χ2n) is 2.98. The topological polar surface area (TPSA) is 0 Å². The molecule has 0 amide bonds. The molecule has 0 aliphatic rings. The van der Waals surface area contributed by atoms with Gasteiger partial charge in [0.15, 0.2) is 0 Å². The van der Waals surface area contributed by atoms with Crippen molar-refractivity contribution in [3.8, 4) is 0 Å². The smallest absolute Gasteiger partial charge is 0.122 e. The van der Waals surface area contributed by atoms with E-state index in [0.717, 1.165) is 6.42 Å². The number of rotatable bonds is 4. The van der Waals surface area contributed by atoms with Gasteiger partial charge in [0.25, 0.3) is 0 Å². The molecule has 0 bridgehead atoms. The van der Waals surface area contributed by atoms with Gasteiger partial charge in [-0.25, -0.2) is 4.39 Å². The van der Waals surface area contributed by atoms with Gasteiger partial charge in [-0.2, -0.15) is 0 Å².